The van der Waals surface area contributed by atoms with Crippen LogP contribution in [0.25, 0.3) is 0 Å². The predicted molar refractivity (Wildman–Crippen MR) is 98.8 cm³/mol. The van der Waals surface area contributed by atoms with Crippen molar-refractivity contribution in [1.29, 1.82) is 0 Å². The Labute approximate surface area is 149 Å². The zero-order chi connectivity index (χ0) is 17.7. The number of anilines is 1. The summed E-state index contributed by atoms with van der Waals surface area (Å²) < 4.78 is 4.98. The molecule has 0 aromatic carbocycles. The second kappa shape index (κ2) is 8.65. The maximum Gasteiger partial charge on any atom is 0.341 e. The van der Waals surface area contributed by atoms with Crippen LogP contribution in [0.5, 0.6) is 0 Å². The van der Waals surface area contributed by atoms with Crippen LogP contribution in [-0.4, -0.2) is 19.0 Å². The van der Waals surface area contributed by atoms with Crippen molar-refractivity contribution < 1.29 is 14.3 Å². The Morgan fingerprint density at radius 2 is 2.12 bits per heavy atom. The first-order chi connectivity index (χ1) is 11.5. The quantitative estimate of drug-likeness (QED) is 0.717. The lowest BCUT2D eigenvalue weighted by Gasteiger charge is -2.18. The van der Waals surface area contributed by atoms with Gasteiger partial charge in [0.2, 0.25) is 5.91 Å². The van der Waals surface area contributed by atoms with Crippen LogP contribution in [-0.2, 0) is 22.4 Å². The van der Waals surface area contributed by atoms with Gasteiger partial charge in [0.15, 0.2) is 0 Å². The Bertz CT molecular complexity index is 594. The Morgan fingerprint density at radius 1 is 1.38 bits per heavy atom. The minimum atomic E-state index is -0.334. The third-order valence-corrected chi connectivity index (χ3v) is 6.08. The van der Waals surface area contributed by atoms with E-state index in [1.165, 1.54) is 12.0 Å². The molecule has 4 nitrogen and oxygen atoms in total. The highest BCUT2D eigenvalue weighted by atomic mass is 32.1. The molecule has 1 aromatic heterocycles. The lowest BCUT2D eigenvalue weighted by molar-refractivity contribution is -0.120. The van der Waals surface area contributed by atoms with Crippen molar-refractivity contribution in [3.8, 4) is 0 Å². The normalized spacial score (nSPS) is 17.9. The summed E-state index contributed by atoms with van der Waals surface area (Å²) in [5.41, 5.74) is 1.67. The van der Waals surface area contributed by atoms with Gasteiger partial charge >= 0.3 is 5.97 Å². The Kier molecular flexibility index (Phi) is 6.84. The van der Waals surface area contributed by atoms with Crippen LogP contribution in [0, 0.1) is 11.8 Å². The molecule has 0 spiro atoms. The Morgan fingerprint density at radius 3 is 2.75 bits per heavy atom. The number of nitrogens with one attached hydrogen (secondary N) is 1. The number of ether oxygens (including phenoxy) is 1. The molecule has 1 aliphatic rings. The molecule has 0 saturated carbocycles. The van der Waals surface area contributed by atoms with Crippen LogP contribution in [0.4, 0.5) is 5.00 Å². The molecule has 0 radical (unpaired) electrons. The van der Waals surface area contributed by atoms with Crippen molar-refractivity contribution in [3.63, 3.8) is 0 Å². The summed E-state index contributed by atoms with van der Waals surface area (Å²) in [6.45, 7) is 6.41. The van der Waals surface area contributed by atoms with E-state index in [0.717, 1.165) is 50.5 Å². The number of carbonyl (C=O) groups is 2. The molecule has 1 amide bonds. The van der Waals surface area contributed by atoms with Gasteiger partial charge in [0.25, 0.3) is 0 Å². The van der Waals surface area contributed by atoms with Crippen LogP contribution >= 0.6 is 11.3 Å². The second-order valence-corrected chi connectivity index (χ2v) is 7.89. The standard InChI is InChI=1S/C19H29NO3S/c1-5-7-8-13(6-2)17(21)20-18-16(19(22)23-4)14-10-9-12(3)11-15(14)24-18/h12-13H,5-11H2,1-4H3,(H,20,21). The van der Waals surface area contributed by atoms with Crippen LogP contribution < -0.4 is 5.32 Å². The lowest BCUT2D eigenvalue weighted by atomic mass is 9.88. The van der Waals surface area contributed by atoms with E-state index in [1.54, 1.807) is 11.3 Å². The molecule has 1 aliphatic carbocycles. The van der Waals surface area contributed by atoms with Crippen molar-refractivity contribution >= 4 is 28.2 Å². The summed E-state index contributed by atoms with van der Waals surface area (Å²) in [7, 11) is 1.40. The fraction of sp³-hybridized carbons (Fsp3) is 0.684. The van der Waals surface area contributed by atoms with E-state index in [-0.39, 0.29) is 17.8 Å². The van der Waals surface area contributed by atoms with Crippen molar-refractivity contribution in [1.82, 2.24) is 0 Å². The smallest absolute Gasteiger partial charge is 0.341 e. The molecule has 2 unspecified atom stereocenters. The Balaban J connectivity index is 2.25. The third-order valence-electron chi connectivity index (χ3n) is 4.91. The van der Waals surface area contributed by atoms with E-state index in [2.05, 4.69) is 19.2 Å². The van der Waals surface area contributed by atoms with Crippen molar-refractivity contribution in [2.45, 2.75) is 65.7 Å². The average Bonchev–Trinajstić information content (AvgIpc) is 2.91. The number of thiophene rings is 1. The molecule has 1 N–H and O–H groups in total. The number of hydrogen-bond donors (Lipinski definition) is 1. The number of methoxy groups -OCH3 is 1. The monoisotopic (exact) mass is 351 g/mol. The minimum absolute atomic E-state index is 0.00787. The average molecular weight is 352 g/mol. The number of fused-ring (bicyclic) bond motifs is 1. The largest absolute Gasteiger partial charge is 0.465 e. The molecule has 1 heterocycles. The fourth-order valence-electron chi connectivity index (χ4n) is 3.34. The summed E-state index contributed by atoms with van der Waals surface area (Å²) in [5, 5.41) is 3.72. The molecule has 2 rings (SSSR count). The van der Waals surface area contributed by atoms with E-state index in [0.29, 0.717) is 16.5 Å². The van der Waals surface area contributed by atoms with Gasteiger partial charge in [-0.25, -0.2) is 4.79 Å². The number of carbonyl (C=O) groups excluding carboxylic acids is 2. The SMILES string of the molecule is CCCCC(CC)C(=O)Nc1sc2c(c1C(=O)OC)CCC(C)C2. The first kappa shape index (κ1) is 19.0. The molecule has 134 valence electrons. The molecule has 0 aliphatic heterocycles. The molecule has 0 bridgehead atoms. The van der Waals surface area contributed by atoms with Gasteiger partial charge in [0.1, 0.15) is 5.00 Å². The first-order valence-electron chi connectivity index (χ1n) is 9.05. The molecular formula is C19H29NO3S. The summed E-state index contributed by atoms with van der Waals surface area (Å²) >= 11 is 1.56. The lowest BCUT2D eigenvalue weighted by Crippen LogP contribution is -2.23. The number of amides is 1. The molecule has 1 aromatic rings. The summed E-state index contributed by atoms with van der Waals surface area (Å²) in [4.78, 5) is 26.1. The number of unbranched alkanes of at least 4 members (excludes halogenated alkanes) is 1. The maximum atomic E-state index is 12.6. The summed E-state index contributed by atoms with van der Waals surface area (Å²) in [6, 6.07) is 0. The van der Waals surface area contributed by atoms with Crippen LogP contribution in [0.3, 0.4) is 0 Å². The van der Waals surface area contributed by atoms with Gasteiger partial charge in [-0.15, -0.1) is 11.3 Å². The molecule has 24 heavy (non-hydrogen) atoms. The second-order valence-electron chi connectivity index (χ2n) is 6.78. The summed E-state index contributed by atoms with van der Waals surface area (Å²) in [5.74, 6) is 0.327. The zero-order valence-corrected chi connectivity index (χ0v) is 16.1. The van der Waals surface area contributed by atoms with Crippen molar-refractivity contribution in [2.24, 2.45) is 11.8 Å². The van der Waals surface area contributed by atoms with Gasteiger partial charge in [-0.05, 0) is 43.6 Å². The van der Waals surface area contributed by atoms with E-state index in [9.17, 15) is 9.59 Å². The topological polar surface area (TPSA) is 55.4 Å². The van der Waals surface area contributed by atoms with Crippen LogP contribution in [0.1, 0.15) is 73.7 Å². The van der Waals surface area contributed by atoms with Crippen LogP contribution in [0.15, 0.2) is 0 Å². The van der Waals surface area contributed by atoms with Gasteiger partial charge in [-0.3, -0.25) is 4.79 Å². The molecule has 5 heteroatoms. The highest BCUT2D eigenvalue weighted by Crippen LogP contribution is 2.40. The number of hydrogen-bond acceptors (Lipinski definition) is 4. The predicted octanol–water partition coefficient (Wildman–Crippen LogP) is 4.81. The van der Waals surface area contributed by atoms with Gasteiger partial charge in [-0.2, -0.15) is 0 Å². The summed E-state index contributed by atoms with van der Waals surface area (Å²) in [6.07, 6.45) is 6.80. The molecule has 0 saturated heterocycles. The maximum absolute atomic E-state index is 12.6. The van der Waals surface area contributed by atoms with E-state index in [4.69, 9.17) is 4.74 Å². The van der Waals surface area contributed by atoms with Gasteiger partial charge in [0, 0.05) is 10.8 Å². The van der Waals surface area contributed by atoms with E-state index < -0.39 is 0 Å². The number of rotatable bonds is 7. The van der Waals surface area contributed by atoms with Gasteiger partial charge in [-0.1, -0.05) is 33.6 Å². The molecule has 0 fully saturated rings. The third kappa shape index (κ3) is 4.18. The van der Waals surface area contributed by atoms with Crippen molar-refractivity contribution in [3.05, 3.63) is 16.0 Å². The fourth-order valence-corrected chi connectivity index (χ4v) is 4.74. The molecule has 2 atom stereocenters. The van der Waals surface area contributed by atoms with Gasteiger partial charge in [0.05, 0.1) is 12.7 Å². The van der Waals surface area contributed by atoms with Crippen molar-refractivity contribution in [2.75, 3.05) is 12.4 Å². The zero-order valence-electron chi connectivity index (χ0n) is 15.2. The van der Waals surface area contributed by atoms with Crippen LogP contribution in [0.2, 0.25) is 0 Å². The van der Waals surface area contributed by atoms with E-state index in [1.807, 2.05) is 6.92 Å². The first-order valence-corrected chi connectivity index (χ1v) is 9.87. The highest BCUT2D eigenvalue weighted by Gasteiger charge is 2.29. The van der Waals surface area contributed by atoms with Gasteiger partial charge < -0.3 is 10.1 Å². The minimum Gasteiger partial charge on any atom is -0.465 e. The molecular weight excluding hydrogens is 322 g/mol. The van der Waals surface area contributed by atoms with E-state index >= 15 is 0 Å². The Hall–Kier alpha value is -1.36. The number of esters is 1. The highest BCUT2D eigenvalue weighted by molar-refractivity contribution is 7.17.